The van der Waals surface area contributed by atoms with Crippen LogP contribution < -0.4 is 0 Å². The fraction of sp³-hybridized carbons (Fsp3) is 0.333. The number of amides is 1. The van der Waals surface area contributed by atoms with E-state index < -0.39 is 0 Å². The van der Waals surface area contributed by atoms with Crippen molar-refractivity contribution >= 4 is 32.9 Å². The van der Waals surface area contributed by atoms with Crippen molar-refractivity contribution in [3.05, 3.63) is 53.0 Å². The third-order valence-corrected chi connectivity index (χ3v) is 5.72. The van der Waals surface area contributed by atoms with Crippen LogP contribution in [-0.4, -0.2) is 33.4 Å². The number of halogens is 1. The molecule has 0 saturated carbocycles. The maximum atomic E-state index is 12.9. The molecule has 26 heavy (non-hydrogen) atoms. The lowest BCUT2D eigenvalue weighted by molar-refractivity contribution is -0.133. The molecule has 1 amide bonds. The van der Waals surface area contributed by atoms with Gasteiger partial charge >= 0.3 is 0 Å². The van der Waals surface area contributed by atoms with E-state index in [4.69, 9.17) is 4.98 Å². The number of hydrogen-bond acceptors (Lipinski definition) is 2. The van der Waals surface area contributed by atoms with Gasteiger partial charge in [-0.25, -0.2) is 4.98 Å². The Morgan fingerprint density at radius 2 is 1.81 bits per heavy atom. The summed E-state index contributed by atoms with van der Waals surface area (Å²) in [5.74, 6) is 1.74. The van der Waals surface area contributed by atoms with Gasteiger partial charge in [0.2, 0.25) is 5.91 Å². The van der Waals surface area contributed by atoms with Crippen LogP contribution >= 0.6 is 15.9 Å². The Balaban J connectivity index is 1.69. The minimum atomic E-state index is 0.179. The molecule has 134 valence electrons. The van der Waals surface area contributed by atoms with Gasteiger partial charge in [0.25, 0.3) is 0 Å². The zero-order valence-corrected chi connectivity index (χ0v) is 16.4. The summed E-state index contributed by atoms with van der Waals surface area (Å²) in [5, 5.41) is 0. The number of likely N-dealkylation sites (tertiary alicyclic amines) is 1. The monoisotopic (exact) mass is 411 g/mol. The number of nitrogens with zero attached hydrogens (tertiary/aromatic N) is 3. The SMILES string of the molecule is CC1CCN(C(=O)Cn2c(-c3ccc(Br)cc3)nc3ccccc32)CC1. The van der Waals surface area contributed by atoms with Crippen molar-refractivity contribution in [2.24, 2.45) is 5.92 Å². The molecule has 0 aliphatic carbocycles. The van der Waals surface area contributed by atoms with Gasteiger partial charge in [0.05, 0.1) is 11.0 Å². The van der Waals surface area contributed by atoms with Crippen LogP contribution in [0, 0.1) is 5.92 Å². The van der Waals surface area contributed by atoms with Gasteiger partial charge in [-0.1, -0.05) is 47.1 Å². The zero-order valence-electron chi connectivity index (χ0n) is 14.9. The van der Waals surface area contributed by atoms with Gasteiger partial charge in [-0.2, -0.15) is 0 Å². The zero-order chi connectivity index (χ0) is 18.1. The summed E-state index contributed by atoms with van der Waals surface area (Å²) in [6.45, 7) is 4.32. The third kappa shape index (κ3) is 3.40. The van der Waals surface area contributed by atoms with Gasteiger partial charge in [0, 0.05) is 23.1 Å². The molecule has 4 nitrogen and oxygen atoms in total. The first-order valence-electron chi connectivity index (χ1n) is 9.11. The molecular formula is C21H22BrN3O. The van der Waals surface area contributed by atoms with E-state index in [0.717, 1.165) is 52.8 Å². The highest BCUT2D eigenvalue weighted by atomic mass is 79.9. The molecule has 1 fully saturated rings. The molecule has 0 atom stereocenters. The molecule has 1 aromatic heterocycles. The predicted octanol–water partition coefficient (Wildman–Crippen LogP) is 4.72. The number of fused-ring (bicyclic) bond motifs is 1. The Kier molecular flexibility index (Phi) is 4.81. The molecule has 2 aromatic carbocycles. The second kappa shape index (κ2) is 7.23. The lowest BCUT2D eigenvalue weighted by Crippen LogP contribution is -2.39. The summed E-state index contributed by atoms with van der Waals surface area (Å²) in [5.41, 5.74) is 2.94. The number of rotatable bonds is 3. The lowest BCUT2D eigenvalue weighted by atomic mass is 9.99. The van der Waals surface area contributed by atoms with Gasteiger partial charge in [0.1, 0.15) is 12.4 Å². The summed E-state index contributed by atoms with van der Waals surface area (Å²) < 4.78 is 3.08. The molecular weight excluding hydrogens is 390 g/mol. The molecule has 0 N–H and O–H groups in total. The largest absolute Gasteiger partial charge is 0.341 e. The van der Waals surface area contributed by atoms with Crippen molar-refractivity contribution in [3.63, 3.8) is 0 Å². The summed E-state index contributed by atoms with van der Waals surface area (Å²) in [4.78, 5) is 19.7. The molecule has 1 aliphatic heterocycles. The van der Waals surface area contributed by atoms with Crippen LogP contribution in [0.15, 0.2) is 53.0 Å². The maximum Gasteiger partial charge on any atom is 0.242 e. The van der Waals surface area contributed by atoms with Crippen molar-refractivity contribution in [1.29, 1.82) is 0 Å². The van der Waals surface area contributed by atoms with E-state index in [9.17, 15) is 4.79 Å². The predicted molar refractivity (Wildman–Crippen MR) is 108 cm³/mol. The minimum absolute atomic E-state index is 0.179. The lowest BCUT2D eigenvalue weighted by Gasteiger charge is -2.30. The number of carbonyl (C=O) groups excluding carboxylic acids is 1. The molecule has 3 aromatic rings. The normalized spacial score (nSPS) is 15.5. The van der Waals surface area contributed by atoms with Gasteiger partial charge in [-0.15, -0.1) is 0 Å². The molecule has 0 unspecified atom stereocenters. The molecule has 1 aliphatic rings. The van der Waals surface area contributed by atoms with Gasteiger partial charge in [-0.05, 0) is 43.0 Å². The maximum absolute atomic E-state index is 12.9. The first-order valence-corrected chi connectivity index (χ1v) is 9.90. The number of para-hydroxylation sites is 2. The summed E-state index contributed by atoms with van der Waals surface area (Å²) in [6, 6.07) is 16.1. The summed E-state index contributed by atoms with van der Waals surface area (Å²) in [7, 11) is 0. The third-order valence-electron chi connectivity index (χ3n) is 5.19. The smallest absolute Gasteiger partial charge is 0.242 e. The Morgan fingerprint density at radius 1 is 1.12 bits per heavy atom. The topological polar surface area (TPSA) is 38.1 Å². The molecule has 0 radical (unpaired) electrons. The average molecular weight is 412 g/mol. The first kappa shape index (κ1) is 17.3. The van der Waals surface area contributed by atoms with Crippen molar-refractivity contribution in [2.45, 2.75) is 26.3 Å². The van der Waals surface area contributed by atoms with E-state index in [-0.39, 0.29) is 5.91 Å². The molecule has 5 heteroatoms. The van der Waals surface area contributed by atoms with Crippen LogP contribution in [-0.2, 0) is 11.3 Å². The average Bonchev–Trinajstić information content (AvgIpc) is 3.01. The van der Waals surface area contributed by atoms with Crippen molar-refractivity contribution in [3.8, 4) is 11.4 Å². The number of imidazole rings is 1. The van der Waals surface area contributed by atoms with E-state index in [1.165, 1.54) is 0 Å². The van der Waals surface area contributed by atoms with E-state index in [0.29, 0.717) is 12.5 Å². The second-order valence-corrected chi connectivity index (χ2v) is 8.00. The minimum Gasteiger partial charge on any atom is -0.341 e. The molecule has 4 rings (SSSR count). The number of piperidine rings is 1. The quantitative estimate of drug-likeness (QED) is 0.624. The second-order valence-electron chi connectivity index (χ2n) is 7.08. The number of hydrogen-bond donors (Lipinski definition) is 0. The standard InChI is InChI=1S/C21H22BrN3O/c1-15-10-12-24(13-11-15)20(26)14-25-19-5-3-2-4-18(19)23-21(25)16-6-8-17(22)9-7-16/h2-9,15H,10-14H2,1H3. The van der Waals surface area contributed by atoms with Crippen LogP contribution in [0.5, 0.6) is 0 Å². The molecule has 1 saturated heterocycles. The van der Waals surface area contributed by atoms with Crippen LogP contribution in [0.3, 0.4) is 0 Å². The van der Waals surface area contributed by atoms with E-state index in [1.807, 2.05) is 53.4 Å². The van der Waals surface area contributed by atoms with E-state index >= 15 is 0 Å². The first-order chi connectivity index (χ1) is 12.6. The Morgan fingerprint density at radius 3 is 2.54 bits per heavy atom. The molecule has 0 bridgehead atoms. The summed E-state index contributed by atoms with van der Waals surface area (Å²) >= 11 is 3.48. The van der Waals surface area contributed by atoms with Crippen LogP contribution in [0.4, 0.5) is 0 Å². The van der Waals surface area contributed by atoms with Crippen LogP contribution in [0.1, 0.15) is 19.8 Å². The Bertz CT molecular complexity index is 924. The fourth-order valence-electron chi connectivity index (χ4n) is 3.55. The summed E-state index contributed by atoms with van der Waals surface area (Å²) in [6.07, 6.45) is 2.19. The van der Waals surface area contributed by atoms with Gasteiger partial charge < -0.3 is 9.47 Å². The van der Waals surface area contributed by atoms with Gasteiger partial charge in [0.15, 0.2) is 0 Å². The highest BCUT2D eigenvalue weighted by Gasteiger charge is 2.22. The van der Waals surface area contributed by atoms with Crippen LogP contribution in [0.2, 0.25) is 0 Å². The van der Waals surface area contributed by atoms with Crippen LogP contribution in [0.25, 0.3) is 22.4 Å². The Hall–Kier alpha value is -2.14. The Labute approximate surface area is 162 Å². The molecule has 2 heterocycles. The van der Waals surface area contributed by atoms with E-state index in [1.54, 1.807) is 0 Å². The van der Waals surface area contributed by atoms with Crippen molar-refractivity contribution < 1.29 is 4.79 Å². The number of aromatic nitrogens is 2. The fourth-order valence-corrected chi connectivity index (χ4v) is 3.81. The number of benzene rings is 2. The van der Waals surface area contributed by atoms with E-state index in [2.05, 4.69) is 27.4 Å². The number of carbonyl (C=O) groups is 1. The highest BCUT2D eigenvalue weighted by Crippen LogP contribution is 2.26. The van der Waals surface area contributed by atoms with Crippen molar-refractivity contribution in [2.75, 3.05) is 13.1 Å². The van der Waals surface area contributed by atoms with Crippen molar-refractivity contribution in [1.82, 2.24) is 14.5 Å². The van der Waals surface area contributed by atoms with Gasteiger partial charge in [-0.3, -0.25) is 4.79 Å². The molecule has 0 spiro atoms. The highest BCUT2D eigenvalue weighted by molar-refractivity contribution is 9.10.